The van der Waals surface area contributed by atoms with E-state index in [0.717, 1.165) is 78.8 Å². The van der Waals surface area contributed by atoms with Gasteiger partial charge in [-0.15, -0.1) is 0 Å². The molecule has 270 valence electrons. The third-order valence-electron chi connectivity index (χ3n) is 12.3. The van der Waals surface area contributed by atoms with E-state index in [4.69, 9.17) is 19.7 Å². The molecule has 1 aliphatic heterocycles. The highest BCUT2D eigenvalue weighted by Gasteiger charge is 2.52. The Morgan fingerprint density at radius 2 is 0.948 bits per heavy atom. The minimum absolute atomic E-state index is 0.634. The smallest absolute Gasteiger partial charge is 0.137 e. The normalized spacial score (nSPS) is 13.4. The van der Waals surface area contributed by atoms with Crippen LogP contribution >= 0.6 is 0 Å². The van der Waals surface area contributed by atoms with E-state index < -0.39 is 5.41 Å². The van der Waals surface area contributed by atoms with Gasteiger partial charge in [-0.3, -0.25) is 14.5 Å². The fourth-order valence-corrected chi connectivity index (χ4v) is 9.98. The Hall–Kier alpha value is -7.83. The number of para-hydroxylation sites is 4. The van der Waals surface area contributed by atoms with Crippen molar-refractivity contribution in [2.75, 3.05) is 0 Å². The number of hydrogen-bond donors (Lipinski definition) is 0. The summed E-state index contributed by atoms with van der Waals surface area (Å²) in [7, 11) is 0. The second-order valence-corrected chi connectivity index (χ2v) is 15.2. The van der Waals surface area contributed by atoms with Gasteiger partial charge >= 0.3 is 0 Å². The van der Waals surface area contributed by atoms with E-state index in [1.807, 2.05) is 36.8 Å². The highest BCUT2D eigenvalue weighted by atomic mass is 16.5. The van der Waals surface area contributed by atoms with Gasteiger partial charge in [0.2, 0.25) is 0 Å². The molecule has 0 saturated carbocycles. The average molecular weight is 742 g/mol. The summed E-state index contributed by atoms with van der Waals surface area (Å²) in [6.45, 7) is 0. The summed E-state index contributed by atoms with van der Waals surface area (Å²) in [4.78, 5) is 14.9. The fraction of sp³-hybridized carbons (Fsp3) is 0.0192. The van der Waals surface area contributed by atoms with Gasteiger partial charge in [0.25, 0.3) is 0 Å². The molecule has 6 heterocycles. The molecule has 6 nitrogen and oxygen atoms in total. The van der Waals surface area contributed by atoms with Crippen molar-refractivity contribution in [1.29, 1.82) is 0 Å². The first-order chi connectivity index (χ1) is 28.8. The van der Waals surface area contributed by atoms with Crippen LogP contribution in [0.15, 0.2) is 188 Å². The molecule has 0 amide bonds. The van der Waals surface area contributed by atoms with Crippen molar-refractivity contribution in [3.8, 4) is 45.5 Å². The van der Waals surface area contributed by atoms with Crippen molar-refractivity contribution in [2.45, 2.75) is 5.41 Å². The predicted molar refractivity (Wildman–Crippen MR) is 231 cm³/mol. The van der Waals surface area contributed by atoms with Crippen LogP contribution in [0.3, 0.4) is 0 Å². The Morgan fingerprint density at radius 1 is 0.397 bits per heavy atom. The van der Waals surface area contributed by atoms with E-state index in [2.05, 4.69) is 161 Å². The van der Waals surface area contributed by atoms with Crippen molar-refractivity contribution in [3.05, 3.63) is 211 Å². The first-order valence-electron chi connectivity index (χ1n) is 19.6. The Balaban J connectivity index is 0.971. The van der Waals surface area contributed by atoms with Crippen LogP contribution in [0.5, 0.6) is 11.5 Å². The molecule has 13 rings (SSSR count). The molecule has 2 aliphatic rings. The monoisotopic (exact) mass is 741 g/mol. The van der Waals surface area contributed by atoms with Crippen LogP contribution in [0.25, 0.3) is 77.6 Å². The van der Waals surface area contributed by atoms with Crippen molar-refractivity contribution in [1.82, 2.24) is 24.1 Å². The molecule has 0 radical (unpaired) electrons. The van der Waals surface area contributed by atoms with Gasteiger partial charge in [0.15, 0.2) is 0 Å². The standard InChI is InChI=1S/C52H31N5O/c1-5-17-43-35(11-1)36-12-2-6-18-44(36)56(43)34-23-26-49(55-31-34)57-45-19-7-3-13-37(45)38-29-32(21-24-46(38)57)33-22-25-48-42(30-33)52(39-14-4-8-20-47(39)58-48)40-15-9-27-53-50(40)51-41(52)16-10-28-54-51/h1-31H. The van der Waals surface area contributed by atoms with E-state index in [1.54, 1.807) is 0 Å². The van der Waals surface area contributed by atoms with Gasteiger partial charge in [0.1, 0.15) is 17.3 Å². The zero-order chi connectivity index (χ0) is 38.0. The largest absolute Gasteiger partial charge is 0.457 e. The summed E-state index contributed by atoms with van der Waals surface area (Å²) in [6, 6.07) is 60.4. The van der Waals surface area contributed by atoms with Crippen LogP contribution in [-0.2, 0) is 5.41 Å². The van der Waals surface area contributed by atoms with Gasteiger partial charge in [-0.1, -0.05) is 97.1 Å². The molecular weight excluding hydrogens is 711 g/mol. The number of fused-ring (bicyclic) bond motifs is 15. The molecular formula is C52H31N5O. The molecule has 1 aliphatic carbocycles. The zero-order valence-corrected chi connectivity index (χ0v) is 31.0. The fourth-order valence-electron chi connectivity index (χ4n) is 9.98. The van der Waals surface area contributed by atoms with Gasteiger partial charge < -0.3 is 9.30 Å². The molecule has 6 heteroatoms. The number of aromatic nitrogens is 5. The summed E-state index contributed by atoms with van der Waals surface area (Å²) in [6.07, 6.45) is 5.72. The number of hydrogen-bond acceptors (Lipinski definition) is 4. The molecule has 0 fully saturated rings. The number of rotatable bonds is 3. The van der Waals surface area contributed by atoms with Gasteiger partial charge in [-0.05, 0) is 95.1 Å². The Morgan fingerprint density at radius 3 is 1.64 bits per heavy atom. The summed E-state index contributed by atoms with van der Waals surface area (Å²) in [5.41, 5.74) is 13.4. The van der Waals surface area contributed by atoms with Gasteiger partial charge in [-0.2, -0.15) is 0 Å². The maximum Gasteiger partial charge on any atom is 0.137 e. The van der Waals surface area contributed by atoms with Crippen molar-refractivity contribution in [2.24, 2.45) is 0 Å². The third kappa shape index (κ3) is 4.08. The molecule has 0 bridgehead atoms. The van der Waals surface area contributed by atoms with Crippen molar-refractivity contribution < 1.29 is 4.74 Å². The van der Waals surface area contributed by atoms with E-state index in [-0.39, 0.29) is 0 Å². The lowest BCUT2D eigenvalue weighted by Crippen LogP contribution is -2.32. The van der Waals surface area contributed by atoms with E-state index in [9.17, 15) is 0 Å². The first kappa shape index (κ1) is 31.4. The summed E-state index contributed by atoms with van der Waals surface area (Å²) >= 11 is 0. The second-order valence-electron chi connectivity index (χ2n) is 15.2. The summed E-state index contributed by atoms with van der Waals surface area (Å²) in [5.74, 6) is 2.55. The Bertz CT molecular complexity index is 3410. The number of pyridine rings is 3. The zero-order valence-electron chi connectivity index (χ0n) is 31.0. The van der Waals surface area contributed by atoms with Gasteiger partial charge in [0.05, 0.1) is 50.8 Å². The van der Waals surface area contributed by atoms with Crippen LogP contribution in [0.1, 0.15) is 22.3 Å². The lowest BCUT2D eigenvalue weighted by Gasteiger charge is -2.39. The molecule has 0 N–H and O–H groups in total. The highest BCUT2D eigenvalue weighted by Crippen LogP contribution is 2.61. The lowest BCUT2D eigenvalue weighted by atomic mass is 9.66. The average Bonchev–Trinajstić information content (AvgIpc) is 3.91. The topological polar surface area (TPSA) is 57.8 Å². The quantitative estimate of drug-likeness (QED) is 0.181. The lowest BCUT2D eigenvalue weighted by molar-refractivity contribution is 0.436. The second kappa shape index (κ2) is 11.6. The maximum atomic E-state index is 6.69. The molecule has 0 unspecified atom stereocenters. The van der Waals surface area contributed by atoms with Gasteiger partial charge in [0, 0.05) is 45.1 Å². The van der Waals surface area contributed by atoms with Crippen LogP contribution < -0.4 is 4.74 Å². The van der Waals surface area contributed by atoms with Crippen molar-refractivity contribution >= 4 is 43.6 Å². The van der Waals surface area contributed by atoms with E-state index in [1.165, 1.54) is 32.6 Å². The molecule has 58 heavy (non-hydrogen) atoms. The Kier molecular flexibility index (Phi) is 6.28. The molecule has 0 saturated heterocycles. The van der Waals surface area contributed by atoms with Crippen LogP contribution in [0, 0.1) is 0 Å². The minimum atomic E-state index is -0.634. The van der Waals surface area contributed by atoms with Crippen LogP contribution in [0.2, 0.25) is 0 Å². The summed E-state index contributed by atoms with van der Waals surface area (Å²) in [5, 5.41) is 4.81. The predicted octanol–water partition coefficient (Wildman–Crippen LogP) is 12.2. The number of nitrogens with zero attached hydrogens (tertiary/aromatic N) is 5. The van der Waals surface area contributed by atoms with E-state index in [0.29, 0.717) is 0 Å². The third-order valence-corrected chi connectivity index (χ3v) is 12.3. The minimum Gasteiger partial charge on any atom is -0.457 e. The Labute approximate surface area is 332 Å². The van der Waals surface area contributed by atoms with Gasteiger partial charge in [-0.25, -0.2) is 4.98 Å². The molecule has 5 aromatic heterocycles. The maximum absolute atomic E-state index is 6.69. The number of benzene rings is 6. The van der Waals surface area contributed by atoms with Crippen molar-refractivity contribution in [3.63, 3.8) is 0 Å². The first-order valence-corrected chi connectivity index (χ1v) is 19.6. The summed E-state index contributed by atoms with van der Waals surface area (Å²) < 4.78 is 11.3. The molecule has 11 aromatic rings. The SMILES string of the molecule is c1ccc2c(c1)Oc1ccc(-c3ccc4c(c3)c3ccccc3n4-c3ccc(-n4c5ccccc5c5ccccc54)cn3)cc1C21c2cccnc2-c2ncccc21. The number of ether oxygens (including phenoxy) is 1. The molecule has 0 atom stereocenters. The highest BCUT2D eigenvalue weighted by molar-refractivity contribution is 6.11. The molecule has 1 spiro atoms. The van der Waals surface area contributed by atoms with Crippen LogP contribution in [0.4, 0.5) is 0 Å². The molecule has 6 aromatic carbocycles. The van der Waals surface area contributed by atoms with E-state index >= 15 is 0 Å². The van der Waals surface area contributed by atoms with Crippen LogP contribution in [-0.4, -0.2) is 24.1 Å².